The molecule has 0 bridgehead atoms. The molecule has 1 aromatic rings. The summed E-state index contributed by atoms with van der Waals surface area (Å²) in [6, 6.07) is 0. The fraction of sp³-hybridized carbons (Fsp3) is 0.900. The van der Waals surface area contributed by atoms with Crippen LogP contribution in [-0.2, 0) is 7.05 Å². The lowest BCUT2D eigenvalue weighted by Gasteiger charge is -2.31. The van der Waals surface area contributed by atoms with Crippen LogP contribution in [0.25, 0.3) is 0 Å². The molecule has 16 heavy (non-hydrogen) atoms. The summed E-state index contributed by atoms with van der Waals surface area (Å²) in [5.41, 5.74) is 5.83. The number of rotatable bonds is 6. The van der Waals surface area contributed by atoms with Gasteiger partial charge in [0.05, 0.1) is 0 Å². The molecule has 0 spiro atoms. The van der Waals surface area contributed by atoms with Crippen LogP contribution in [-0.4, -0.2) is 39.8 Å². The second-order valence-corrected chi connectivity index (χ2v) is 4.89. The van der Waals surface area contributed by atoms with Crippen molar-refractivity contribution in [3.63, 3.8) is 0 Å². The minimum atomic E-state index is 0.0706. The second-order valence-electron chi connectivity index (χ2n) is 4.89. The van der Waals surface area contributed by atoms with Crippen LogP contribution in [0.5, 0.6) is 0 Å². The fourth-order valence-electron chi connectivity index (χ4n) is 1.59. The van der Waals surface area contributed by atoms with Gasteiger partial charge in [-0.2, -0.15) is 0 Å². The van der Waals surface area contributed by atoms with Crippen LogP contribution in [0.4, 0.5) is 5.95 Å². The van der Waals surface area contributed by atoms with Crippen molar-refractivity contribution in [2.75, 3.05) is 24.5 Å². The van der Waals surface area contributed by atoms with Crippen LogP contribution >= 0.6 is 0 Å². The van der Waals surface area contributed by atoms with Crippen LogP contribution in [0.15, 0.2) is 0 Å². The summed E-state index contributed by atoms with van der Waals surface area (Å²) in [4.78, 5) is 2.19. The molecular weight excluding hydrogens is 204 g/mol. The monoisotopic (exact) mass is 226 g/mol. The van der Waals surface area contributed by atoms with Crippen molar-refractivity contribution in [3.8, 4) is 0 Å². The highest BCUT2D eigenvalue weighted by Crippen LogP contribution is 2.18. The molecule has 0 unspecified atom stereocenters. The highest BCUT2D eigenvalue weighted by molar-refractivity contribution is 5.28. The zero-order valence-corrected chi connectivity index (χ0v) is 10.6. The lowest BCUT2D eigenvalue weighted by Crippen LogP contribution is -2.40. The van der Waals surface area contributed by atoms with E-state index in [-0.39, 0.29) is 5.41 Å². The number of aryl methyl sites for hydroxylation is 1. The summed E-state index contributed by atoms with van der Waals surface area (Å²) < 4.78 is 1.70. The first-order valence-corrected chi connectivity index (χ1v) is 5.67. The molecule has 0 fully saturated rings. The molecule has 92 valence electrons. The van der Waals surface area contributed by atoms with Crippen molar-refractivity contribution >= 4 is 5.95 Å². The Morgan fingerprint density at radius 1 is 1.44 bits per heavy atom. The van der Waals surface area contributed by atoms with E-state index in [1.807, 2.05) is 7.05 Å². The lowest BCUT2D eigenvalue weighted by molar-refractivity contribution is 0.373. The van der Waals surface area contributed by atoms with Gasteiger partial charge in [-0.3, -0.25) is 0 Å². The maximum atomic E-state index is 5.76. The van der Waals surface area contributed by atoms with E-state index >= 15 is 0 Å². The summed E-state index contributed by atoms with van der Waals surface area (Å²) in [6.07, 6.45) is 1.06. The van der Waals surface area contributed by atoms with E-state index in [2.05, 4.69) is 41.2 Å². The predicted molar refractivity (Wildman–Crippen MR) is 64.1 cm³/mol. The van der Waals surface area contributed by atoms with Gasteiger partial charge in [0.2, 0.25) is 5.95 Å². The molecule has 0 atom stereocenters. The average Bonchev–Trinajstić information content (AvgIpc) is 2.64. The fourth-order valence-corrected chi connectivity index (χ4v) is 1.59. The van der Waals surface area contributed by atoms with E-state index in [1.54, 1.807) is 4.68 Å². The number of nitrogens with two attached hydrogens (primary N) is 1. The molecule has 0 radical (unpaired) electrons. The molecule has 0 aliphatic rings. The Labute approximate surface area is 96.8 Å². The van der Waals surface area contributed by atoms with E-state index in [0.29, 0.717) is 6.54 Å². The van der Waals surface area contributed by atoms with Crippen molar-refractivity contribution in [1.82, 2.24) is 20.2 Å². The first-order chi connectivity index (χ1) is 7.50. The Balaban J connectivity index is 2.80. The third kappa shape index (κ3) is 3.16. The normalized spacial score (nSPS) is 11.8. The zero-order valence-electron chi connectivity index (χ0n) is 10.6. The third-order valence-corrected chi connectivity index (χ3v) is 2.55. The Morgan fingerprint density at radius 3 is 2.56 bits per heavy atom. The number of aromatic nitrogens is 4. The average molecular weight is 226 g/mol. The Bertz CT molecular complexity index is 319. The highest BCUT2D eigenvalue weighted by atomic mass is 15.6. The van der Waals surface area contributed by atoms with Gasteiger partial charge in [0, 0.05) is 20.1 Å². The first kappa shape index (κ1) is 12.9. The summed E-state index contributed by atoms with van der Waals surface area (Å²) in [7, 11) is 1.85. The van der Waals surface area contributed by atoms with Crippen LogP contribution in [0.2, 0.25) is 0 Å². The van der Waals surface area contributed by atoms with E-state index in [4.69, 9.17) is 5.73 Å². The van der Waals surface area contributed by atoms with Gasteiger partial charge in [-0.25, -0.2) is 4.68 Å². The molecule has 2 N–H and O–H groups in total. The highest BCUT2D eigenvalue weighted by Gasteiger charge is 2.22. The molecule has 1 aromatic heterocycles. The van der Waals surface area contributed by atoms with Gasteiger partial charge in [-0.15, -0.1) is 0 Å². The van der Waals surface area contributed by atoms with Crippen molar-refractivity contribution in [2.24, 2.45) is 18.2 Å². The van der Waals surface area contributed by atoms with Crippen LogP contribution in [0.1, 0.15) is 27.2 Å². The maximum absolute atomic E-state index is 5.76. The van der Waals surface area contributed by atoms with Gasteiger partial charge >= 0.3 is 0 Å². The number of nitrogens with zero attached hydrogens (tertiary/aromatic N) is 5. The molecule has 6 heteroatoms. The van der Waals surface area contributed by atoms with Gasteiger partial charge in [0.15, 0.2) is 0 Å². The lowest BCUT2D eigenvalue weighted by atomic mass is 9.93. The van der Waals surface area contributed by atoms with E-state index in [9.17, 15) is 0 Å². The molecular formula is C10H22N6. The zero-order chi connectivity index (χ0) is 12.2. The third-order valence-electron chi connectivity index (χ3n) is 2.55. The van der Waals surface area contributed by atoms with Crippen LogP contribution in [0.3, 0.4) is 0 Å². The Hall–Kier alpha value is -1.17. The van der Waals surface area contributed by atoms with E-state index in [1.165, 1.54) is 0 Å². The van der Waals surface area contributed by atoms with Gasteiger partial charge in [0.25, 0.3) is 0 Å². The largest absolute Gasteiger partial charge is 0.339 e. The Kier molecular flexibility index (Phi) is 4.23. The van der Waals surface area contributed by atoms with Crippen molar-refractivity contribution in [2.45, 2.75) is 27.2 Å². The minimum absolute atomic E-state index is 0.0706. The smallest absolute Gasteiger partial charge is 0.245 e. The Morgan fingerprint density at radius 2 is 2.12 bits per heavy atom. The number of tetrazole rings is 1. The molecule has 0 saturated carbocycles. The van der Waals surface area contributed by atoms with Crippen molar-refractivity contribution in [3.05, 3.63) is 0 Å². The van der Waals surface area contributed by atoms with Gasteiger partial charge in [0.1, 0.15) is 0 Å². The molecule has 0 saturated heterocycles. The number of hydrogen-bond acceptors (Lipinski definition) is 5. The molecule has 0 aliphatic heterocycles. The number of anilines is 1. The van der Waals surface area contributed by atoms with E-state index in [0.717, 1.165) is 25.5 Å². The summed E-state index contributed by atoms with van der Waals surface area (Å²) in [5, 5.41) is 11.6. The van der Waals surface area contributed by atoms with Crippen molar-refractivity contribution in [1.29, 1.82) is 0 Å². The predicted octanol–water partition coefficient (Wildman–Crippen LogP) is 0.411. The topological polar surface area (TPSA) is 72.9 Å². The van der Waals surface area contributed by atoms with Gasteiger partial charge in [-0.1, -0.05) is 25.9 Å². The molecule has 1 heterocycles. The molecule has 0 aliphatic carbocycles. The molecule has 0 amide bonds. The molecule has 6 nitrogen and oxygen atoms in total. The quantitative estimate of drug-likeness (QED) is 0.760. The molecule has 1 rings (SSSR count). The standard InChI is InChI=1S/C10H22N6/c1-5-6-16(8-10(2,3)7-11)9-12-13-14-15(9)4/h5-8,11H2,1-4H3. The van der Waals surface area contributed by atoms with Crippen LogP contribution in [0, 0.1) is 5.41 Å². The van der Waals surface area contributed by atoms with Gasteiger partial charge < -0.3 is 10.6 Å². The number of hydrogen-bond donors (Lipinski definition) is 1. The molecule has 0 aromatic carbocycles. The minimum Gasteiger partial charge on any atom is -0.339 e. The summed E-state index contributed by atoms with van der Waals surface area (Å²) in [6.45, 7) is 8.91. The van der Waals surface area contributed by atoms with Crippen LogP contribution < -0.4 is 10.6 Å². The summed E-state index contributed by atoms with van der Waals surface area (Å²) >= 11 is 0. The SMILES string of the molecule is CCCN(CC(C)(C)CN)c1nnnn1C. The first-order valence-electron chi connectivity index (χ1n) is 5.67. The van der Waals surface area contributed by atoms with Crippen molar-refractivity contribution < 1.29 is 0 Å². The summed E-state index contributed by atoms with van der Waals surface area (Å²) in [5.74, 6) is 0.809. The van der Waals surface area contributed by atoms with Gasteiger partial charge in [-0.05, 0) is 28.8 Å². The second kappa shape index (κ2) is 5.25. The maximum Gasteiger partial charge on any atom is 0.245 e. The van der Waals surface area contributed by atoms with E-state index < -0.39 is 0 Å².